The van der Waals surface area contributed by atoms with Crippen molar-refractivity contribution in [2.75, 3.05) is 13.7 Å². The molecule has 0 heterocycles. The first-order valence-corrected chi connectivity index (χ1v) is 5.09. The normalized spacial score (nSPS) is 12.4. The maximum atomic E-state index is 12.4. The standard InChI is InChI=1S/C12H17FN2/c1-15-12(9-13)8-11(14)7-10-5-3-2-4-6-10/h2-6,12,14-15H,7-9H2,1H3. The Balaban J connectivity index is 2.43. The zero-order chi connectivity index (χ0) is 11.1. The zero-order valence-electron chi connectivity index (χ0n) is 8.96. The van der Waals surface area contributed by atoms with Gasteiger partial charge in [-0.05, 0) is 12.6 Å². The first kappa shape index (κ1) is 11.9. The second kappa shape index (κ2) is 6.30. The number of nitrogens with one attached hydrogen (secondary N) is 2. The molecular weight excluding hydrogens is 191 g/mol. The Kier molecular flexibility index (Phi) is 4.98. The van der Waals surface area contributed by atoms with Crippen molar-refractivity contribution in [3.8, 4) is 0 Å². The fourth-order valence-electron chi connectivity index (χ4n) is 1.45. The summed E-state index contributed by atoms with van der Waals surface area (Å²) in [4.78, 5) is 0. The maximum Gasteiger partial charge on any atom is 0.105 e. The summed E-state index contributed by atoms with van der Waals surface area (Å²) in [6.07, 6.45) is 1.08. The Hall–Kier alpha value is -1.22. The first-order valence-electron chi connectivity index (χ1n) is 5.09. The summed E-state index contributed by atoms with van der Waals surface area (Å²) < 4.78 is 12.4. The van der Waals surface area contributed by atoms with E-state index in [4.69, 9.17) is 5.41 Å². The van der Waals surface area contributed by atoms with Crippen LogP contribution in [0, 0.1) is 5.41 Å². The van der Waals surface area contributed by atoms with E-state index in [0.29, 0.717) is 18.6 Å². The fraction of sp³-hybridized carbons (Fsp3) is 0.417. The van der Waals surface area contributed by atoms with Crippen LogP contribution in [0.3, 0.4) is 0 Å². The van der Waals surface area contributed by atoms with Gasteiger partial charge in [0.15, 0.2) is 0 Å². The molecule has 0 saturated carbocycles. The summed E-state index contributed by atoms with van der Waals surface area (Å²) in [5.41, 5.74) is 1.68. The Labute approximate surface area is 90.0 Å². The average Bonchev–Trinajstić information content (AvgIpc) is 2.27. The molecule has 0 fully saturated rings. The molecule has 0 amide bonds. The van der Waals surface area contributed by atoms with Crippen molar-refractivity contribution in [1.29, 1.82) is 5.41 Å². The van der Waals surface area contributed by atoms with Crippen LogP contribution in [0.1, 0.15) is 12.0 Å². The molecule has 1 unspecified atom stereocenters. The van der Waals surface area contributed by atoms with Gasteiger partial charge in [0, 0.05) is 24.6 Å². The van der Waals surface area contributed by atoms with E-state index in [1.54, 1.807) is 7.05 Å². The van der Waals surface area contributed by atoms with Crippen molar-refractivity contribution in [3.63, 3.8) is 0 Å². The van der Waals surface area contributed by atoms with Crippen LogP contribution in [0.15, 0.2) is 30.3 Å². The molecule has 2 N–H and O–H groups in total. The van der Waals surface area contributed by atoms with Gasteiger partial charge in [-0.25, -0.2) is 4.39 Å². The predicted molar refractivity (Wildman–Crippen MR) is 61.3 cm³/mol. The van der Waals surface area contributed by atoms with Crippen molar-refractivity contribution < 1.29 is 4.39 Å². The highest BCUT2D eigenvalue weighted by atomic mass is 19.1. The summed E-state index contributed by atoms with van der Waals surface area (Å²) in [6.45, 7) is -0.423. The van der Waals surface area contributed by atoms with Crippen LogP contribution < -0.4 is 5.32 Å². The summed E-state index contributed by atoms with van der Waals surface area (Å²) in [6, 6.07) is 9.60. The quantitative estimate of drug-likeness (QED) is 0.691. The van der Waals surface area contributed by atoms with Gasteiger partial charge in [0.05, 0.1) is 0 Å². The number of hydrogen-bond acceptors (Lipinski definition) is 2. The summed E-state index contributed by atoms with van der Waals surface area (Å²) in [5, 5.41) is 10.6. The topological polar surface area (TPSA) is 35.9 Å². The van der Waals surface area contributed by atoms with E-state index in [2.05, 4.69) is 5.32 Å². The Bertz CT molecular complexity index is 294. The third-order valence-corrected chi connectivity index (χ3v) is 2.35. The lowest BCUT2D eigenvalue weighted by atomic mass is 10.0. The lowest BCUT2D eigenvalue weighted by molar-refractivity contribution is 0.397. The molecule has 0 spiro atoms. The molecule has 3 heteroatoms. The molecule has 0 bridgehead atoms. The third kappa shape index (κ3) is 4.21. The van der Waals surface area contributed by atoms with Gasteiger partial charge < -0.3 is 10.7 Å². The molecule has 15 heavy (non-hydrogen) atoms. The predicted octanol–water partition coefficient (Wildman–Crippen LogP) is 2.20. The average molecular weight is 208 g/mol. The molecule has 1 aromatic carbocycles. The van der Waals surface area contributed by atoms with E-state index in [9.17, 15) is 4.39 Å². The minimum absolute atomic E-state index is 0.221. The molecule has 82 valence electrons. The number of alkyl halides is 1. The molecule has 1 rings (SSSR count). The van der Waals surface area contributed by atoms with Crippen LogP contribution >= 0.6 is 0 Å². The molecule has 0 radical (unpaired) electrons. The zero-order valence-corrected chi connectivity index (χ0v) is 8.96. The van der Waals surface area contributed by atoms with Crippen LogP contribution in [-0.2, 0) is 6.42 Å². The van der Waals surface area contributed by atoms with Crippen LogP contribution in [-0.4, -0.2) is 25.5 Å². The highest BCUT2D eigenvalue weighted by molar-refractivity contribution is 5.84. The maximum absolute atomic E-state index is 12.4. The highest BCUT2D eigenvalue weighted by Gasteiger charge is 2.08. The Morgan fingerprint density at radius 3 is 2.60 bits per heavy atom. The van der Waals surface area contributed by atoms with Crippen molar-refractivity contribution in [3.05, 3.63) is 35.9 Å². The molecule has 1 atom stereocenters. The molecule has 0 aliphatic rings. The number of halogens is 1. The number of hydrogen-bond donors (Lipinski definition) is 2. The Morgan fingerprint density at radius 2 is 2.07 bits per heavy atom. The van der Waals surface area contributed by atoms with E-state index < -0.39 is 6.67 Å². The van der Waals surface area contributed by atoms with E-state index in [-0.39, 0.29) is 6.04 Å². The Morgan fingerprint density at radius 1 is 1.40 bits per heavy atom. The summed E-state index contributed by atoms with van der Waals surface area (Å²) >= 11 is 0. The SMILES string of the molecule is CNC(CF)CC(=N)Cc1ccccc1. The van der Waals surface area contributed by atoms with Crippen molar-refractivity contribution in [1.82, 2.24) is 5.32 Å². The van der Waals surface area contributed by atoms with Crippen molar-refractivity contribution >= 4 is 5.71 Å². The number of benzene rings is 1. The smallest absolute Gasteiger partial charge is 0.105 e. The van der Waals surface area contributed by atoms with E-state index >= 15 is 0 Å². The van der Waals surface area contributed by atoms with Gasteiger partial charge >= 0.3 is 0 Å². The van der Waals surface area contributed by atoms with Crippen LogP contribution in [0.25, 0.3) is 0 Å². The molecule has 0 aliphatic carbocycles. The number of rotatable bonds is 6. The molecule has 0 saturated heterocycles. The van der Waals surface area contributed by atoms with Gasteiger partial charge in [0.25, 0.3) is 0 Å². The molecule has 2 nitrogen and oxygen atoms in total. The summed E-state index contributed by atoms with van der Waals surface area (Å²) in [7, 11) is 1.72. The monoisotopic (exact) mass is 208 g/mol. The van der Waals surface area contributed by atoms with E-state index in [0.717, 1.165) is 5.56 Å². The van der Waals surface area contributed by atoms with Crippen molar-refractivity contribution in [2.24, 2.45) is 0 Å². The molecule has 0 aliphatic heterocycles. The van der Waals surface area contributed by atoms with Crippen LogP contribution in [0.2, 0.25) is 0 Å². The summed E-state index contributed by atoms with van der Waals surface area (Å²) in [5.74, 6) is 0. The lowest BCUT2D eigenvalue weighted by Crippen LogP contribution is -2.30. The fourth-order valence-corrected chi connectivity index (χ4v) is 1.45. The van der Waals surface area contributed by atoms with Gasteiger partial charge in [-0.15, -0.1) is 0 Å². The second-order valence-corrected chi connectivity index (χ2v) is 3.61. The van der Waals surface area contributed by atoms with Gasteiger partial charge in [-0.2, -0.15) is 0 Å². The lowest BCUT2D eigenvalue weighted by Gasteiger charge is -2.12. The molecule has 1 aromatic rings. The third-order valence-electron chi connectivity index (χ3n) is 2.35. The highest BCUT2D eigenvalue weighted by Crippen LogP contribution is 2.04. The van der Waals surface area contributed by atoms with E-state index in [1.807, 2.05) is 30.3 Å². The van der Waals surface area contributed by atoms with Crippen LogP contribution in [0.5, 0.6) is 0 Å². The second-order valence-electron chi connectivity index (χ2n) is 3.61. The van der Waals surface area contributed by atoms with Gasteiger partial charge in [-0.1, -0.05) is 30.3 Å². The minimum atomic E-state index is -0.423. The molecule has 0 aromatic heterocycles. The largest absolute Gasteiger partial charge is 0.314 e. The van der Waals surface area contributed by atoms with Gasteiger partial charge in [0.2, 0.25) is 0 Å². The minimum Gasteiger partial charge on any atom is -0.314 e. The van der Waals surface area contributed by atoms with E-state index in [1.165, 1.54) is 0 Å². The van der Waals surface area contributed by atoms with Gasteiger partial charge in [0.1, 0.15) is 6.67 Å². The van der Waals surface area contributed by atoms with Crippen molar-refractivity contribution in [2.45, 2.75) is 18.9 Å². The first-order chi connectivity index (χ1) is 7.26. The van der Waals surface area contributed by atoms with Crippen LogP contribution in [0.4, 0.5) is 4.39 Å². The van der Waals surface area contributed by atoms with Gasteiger partial charge in [-0.3, -0.25) is 0 Å². The molecular formula is C12H17FN2.